The third-order valence-electron chi connectivity index (χ3n) is 16.8. The Labute approximate surface area is 563 Å². The maximum Gasteiger partial charge on any atom is 0.251 e. The molecule has 3 aliphatic rings. The van der Waals surface area contributed by atoms with Gasteiger partial charge in [-0.15, -0.1) is 0 Å². The minimum atomic E-state index is -0.783. The zero-order chi connectivity index (χ0) is 68.4. The first-order chi connectivity index (χ1) is 45.6. The zero-order valence-corrected chi connectivity index (χ0v) is 56.9. The number of benzene rings is 5. The zero-order valence-electron chi connectivity index (χ0n) is 56.1. The van der Waals surface area contributed by atoms with Gasteiger partial charge in [-0.05, 0) is 127 Å². The second-order valence-electron chi connectivity index (χ2n) is 26.2. The van der Waals surface area contributed by atoms with Crippen molar-refractivity contribution in [1.29, 1.82) is 0 Å². The lowest BCUT2D eigenvalue weighted by atomic mass is 10.0. The molecular formula is C73H98N10O11S. The standard InChI is InChI=1S/C73H98N10O11S/c1-49(2)30-60-41-80(44-65(75)84)69(88)27-29-95-48-53-21-25-57(26-22-53)73(92)79-59(18-12-13-28-74)40-81(71(90)37-54-23-24-56-16-10-11-17-58(56)32-54)45-66(85)77-61(31-50(3)4)42-82(72(91)38-55-34-63(93-5)39-64(35-55)94-6)47-68(87)78-62(33-51-14-8-7-9-15-51)43-83(46-67(86)76-60)70(89)36-52-19-20-52/h7-11,14-17,21-26,32,34-35,39,49-50,52,59-62H,12-13,18-20,27-31,33,36-38,40-48,74H2,1-6H3,(H2,75,84)(H,76,86)(H,77,85)(H,78,87)(H,79,92)/t59-,60-,61-,62-/m0/s1. The molecule has 1 fully saturated rings. The molecule has 21 nitrogen and oxygen atoms in total. The van der Waals surface area contributed by atoms with Crippen molar-refractivity contribution in [1.82, 2.24) is 40.9 Å². The fraction of sp³-hybridized carbons (Fsp3) is 0.493. The summed E-state index contributed by atoms with van der Waals surface area (Å²) in [5, 5.41) is 14.5. The molecular weight excluding hydrogens is 1220 g/mol. The summed E-state index contributed by atoms with van der Waals surface area (Å²) < 4.78 is 11.1. The van der Waals surface area contributed by atoms with E-state index in [1.165, 1.54) is 45.6 Å². The Morgan fingerprint density at radius 2 is 1.13 bits per heavy atom. The molecule has 2 aliphatic heterocycles. The second-order valence-corrected chi connectivity index (χ2v) is 27.3. The molecule has 2 bridgehead atoms. The molecule has 0 radical (unpaired) electrons. The molecule has 8 N–H and O–H groups in total. The van der Waals surface area contributed by atoms with Gasteiger partial charge < -0.3 is 61.8 Å². The van der Waals surface area contributed by atoms with E-state index in [9.17, 15) is 38.4 Å². The minimum Gasteiger partial charge on any atom is -0.497 e. The van der Waals surface area contributed by atoms with Crippen LogP contribution in [0.25, 0.3) is 10.8 Å². The number of carbonyl (C=O) groups excluding carboxylic acids is 9. The number of nitrogens with zero attached hydrogens (tertiary/aromatic N) is 4. The molecule has 5 aromatic rings. The van der Waals surface area contributed by atoms with Crippen LogP contribution in [0.5, 0.6) is 11.5 Å². The molecule has 22 heteroatoms. The predicted molar refractivity (Wildman–Crippen MR) is 370 cm³/mol. The van der Waals surface area contributed by atoms with Crippen LogP contribution in [-0.2, 0) is 63.4 Å². The normalized spacial score (nSPS) is 19.1. The van der Waals surface area contributed by atoms with E-state index in [1.807, 2.05) is 113 Å². The summed E-state index contributed by atoms with van der Waals surface area (Å²) in [6.45, 7) is 6.44. The number of fused-ring (bicyclic) bond motifs is 30. The van der Waals surface area contributed by atoms with E-state index in [2.05, 4.69) is 21.3 Å². The lowest BCUT2D eigenvalue weighted by molar-refractivity contribution is -0.138. The minimum absolute atomic E-state index is 0.0155. The van der Waals surface area contributed by atoms with E-state index in [0.29, 0.717) is 72.8 Å². The van der Waals surface area contributed by atoms with Gasteiger partial charge in [-0.3, -0.25) is 43.2 Å². The van der Waals surface area contributed by atoms with Crippen LogP contribution in [0.2, 0.25) is 0 Å². The van der Waals surface area contributed by atoms with Crippen LogP contribution in [-0.4, -0.2) is 176 Å². The van der Waals surface area contributed by atoms with Crippen LogP contribution in [0.3, 0.4) is 0 Å². The quantitative estimate of drug-likeness (QED) is 0.0355. The predicted octanol–water partition coefficient (Wildman–Crippen LogP) is 6.60. The van der Waals surface area contributed by atoms with Crippen molar-refractivity contribution in [2.75, 3.05) is 78.9 Å². The van der Waals surface area contributed by atoms with Gasteiger partial charge in [0.25, 0.3) is 5.91 Å². The number of amides is 9. The Hall–Kier alpha value is -8.50. The first kappa shape index (κ1) is 73.9. The Kier molecular flexibility index (Phi) is 29.2. The number of primary amides is 1. The molecule has 0 aromatic heterocycles. The van der Waals surface area contributed by atoms with Crippen molar-refractivity contribution in [3.8, 4) is 11.5 Å². The average molecular weight is 1320 g/mol. The summed E-state index contributed by atoms with van der Waals surface area (Å²) in [4.78, 5) is 135. The van der Waals surface area contributed by atoms with Crippen LogP contribution >= 0.6 is 11.8 Å². The molecule has 5 aromatic carbocycles. The van der Waals surface area contributed by atoms with E-state index in [-0.39, 0.29) is 113 Å². The smallest absolute Gasteiger partial charge is 0.251 e. The maximum atomic E-state index is 15.0. The molecule has 1 aliphatic carbocycles. The SMILES string of the molecule is COc1cc(CC(=O)N2CC(=O)N[C@@H](Cc3ccccc3)CN(C(=O)CC3CC3)CC(=O)N[C@@H](CC(C)C)CN(CC(N)=O)C(=O)CCSCc3ccc(cc3)C(=O)N[C@@H](CCCCN)CN(C(=O)Cc3ccc4ccccc4c3)CC(=O)N[C@@H](CC(C)C)C2)cc(OC)c1. The third kappa shape index (κ3) is 25.6. The number of hydrogen-bond donors (Lipinski definition) is 6. The van der Waals surface area contributed by atoms with Crippen molar-refractivity contribution < 1.29 is 52.6 Å². The summed E-state index contributed by atoms with van der Waals surface area (Å²) in [6, 6.07) is 32.5. The van der Waals surface area contributed by atoms with Gasteiger partial charge >= 0.3 is 0 Å². The first-order valence-electron chi connectivity index (χ1n) is 33.3. The van der Waals surface area contributed by atoms with Crippen molar-refractivity contribution in [3.05, 3.63) is 143 Å². The average Bonchev–Trinajstić information content (AvgIpc) is 1.51. The summed E-state index contributed by atoms with van der Waals surface area (Å²) >= 11 is 1.50. The maximum absolute atomic E-state index is 15.0. The Balaban J connectivity index is 1.27. The highest BCUT2D eigenvalue weighted by atomic mass is 32.2. The fourth-order valence-electron chi connectivity index (χ4n) is 12.0. The number of hydrogen-bond acceptors (Lipinski definition) is 13. The first-order valence-corrected chi connectivity index (χ1v) is 34.5. The molecule has 512 valence electrons. The number of unbranched alkanes of at least 4 members (excludes halogenated alkanes) is 1. The van der Waals surface area contributed by atoms with Gasteiger partial charge in [0.05, 0.1) is 59.3 Å². The third-order valence-corrected chi connectivity index (χ3v) is 17.9. The topological polar surface area (TPSA) is 285 Å². The van der Waals surface area contributed by atoms with Gasteiger partial charge in [0.2, 0.25) is 47.3 Å². The Bertz CT molecular complexity index is 3360. The molecule has 0 spiro atoms. The number of nitrogens with one attached hydrogen (secondary N) is 4. The highest BCUT2D eigenvalue weighted by Crippen LogP contribution is 2.33. The molecule has 0 saturated heterocycles. The summed E-state index contributed by atoms with van der Waals surface area (Å²) in [5.41, 5.74) is 15.1. The number of nitrogens with two attached hydrogens (primary N) is 2. The van der Waals surface area contributed by atoms with Crippen molar-refractivity contribution in [3.63, 3.8) is 0 Å². The molecule has 1 saturated carbocycles. The highest BCUT2D eigenvalue weighted by molar-refractivity contribution is 7.98. The van der Waals surface area contributed by atoms with Crippen LogP contribution in [0.15, 0.2) is 115 Å². The highest BCUT2D eigenvalue weighted by Gasteiger charge is 2.33. The van der Waals surface area contributed by atoms with Crippen molar-refractivity contribution in [2.24, 2.45) is 29.2 Å². The van der Waals surface area contributed by atoms with Gasteiger partial charge in [-0.2, -0.15) is 11.8 Å². The van der Waals surface area contributed by atoms with Gasteiger partial charge in [0.15, 0.2) is 0 Å². The summed E-state index contributed by atoms with van der Waals surface area (Å²) in [6.07, 6.45) is 4.49. The second kappa shape index (κ2) is 37.6. The Morgan fingerprint density at radius 3 is 1.71 bits per heavy atom. The monoisotopic (exact) mass is 1320 g/mol. The van der Waals surface area contributed by atoms with E-state index < -0.39 is 66.8 Å². The van der Waals surface area contributed by atoms with E-state index in [1.54, 1.807) is 30.3 Å². The van der Waals surface area contributed by atoms with Crippen molar-refractivity contribution in [2.45, 2.75) is 135 Å². The van der Waals surface area contributed by atoms with Crippen LogP contribution in [0.1, 0.15) is 118 Å². The van der Waals surface area contributed by atoms with Gasteiger partial charge in [0.1, 0.15) is 11.5 Å². The molecule has 4 atom stereocenters. The van der Waals surface area contributed by atoms with Crippen molar-refractivity contribution >= 4 is 75.7 Å². The van der Waals surface area contributed by atoms with Crippen LogP contribution in [0.4, 0.5) is 0 Å². The fourth-order valence-corrected chi connectivity index (χ4v) is 12.9. The number of carbonyl (C=O) groups is 9. The number of ether oxygens (including phenoxy) is 2. The van der Waals surface area contributed by atoms with E-state index in [4.69, 9.17) is 20.9 Å². The number of thioether (sulfide) groups is 1. The van der Waals surface area contributed by atoms with Gasteiger partial charge in [0, 0.05) is 80.3 Å². The Morgan fingerprint density at radius 1 is 0.579 bits per heavy atom. The number of methoxy groups -OCH3 is 2. The largest absolute Gasteiger partial charge is 0.497 e. The molecule has 0 unspecified atom stereocenters. The van der Waals surface area contributed by atoms with Crippen LogP contribution < -0.4 is 42.2 Å². The lowest BCUT2D eigenvalue weighted by Gasteiger charge is -2.32. The summed E-state index contributed by atoms with van der Waals surface area (Å²) in [5.74, 6) is -2.15. The lowest BCUT2D eigenvalue weighted by Crippen LogP contribution is -2.55. The van der Waals surface area contributed by atoms with Crippen LogP contribution in [0, 0.1) is 17.8 Å². The summed E-state index contributed by atoms with van der Waals surface area (Å²) in [7, 11) is 3.00. The van der Waals surface area contributed by atoms with Gasteiger partial charge in [-0.25, -0.2) is 0 Å². The number of rotatable bonds is 20. The molecule has 8 rings (SSSR count). The molecule has 2 heterocycles. The molecule has 9 amide bonds. The molecule has 95 heavy (non-hydrogen) atoms. The van der Waals surface area contributed by atoms with E-state index >= 15 is 4.79 Å². The van der Waals surface area contributed by atoms with Gasteiger partial charge in [-0.1, -0.05) is 119 Å². The van der Waals surface area contributed by atoms with E-state index in [0.717, 1.165) is 40.3 Å².